The van der Waals surface area contributed by atoms with Crippen LogP contribution >= 0.6 is 11.8 Å². The van der Waals surface area contributed by atoms with Crippen molar-refractivity contribution in [2.75, 3.05) is 25.4 Å². The average molecular weight is 298 g/mol. The maximum absolute atomic E-state index is 13.4. The van der Waals surface area contributed by atoms with Crippen LogP contribution in [0, 0.1) is 11.7 Å². The summed E-state index contributed by atoms with van der Waals surface area (Å²) in [6.07, 6.45) is -0.0435. The first-order valence-electron chi connectivity index (χ1n) is 6.69. The molecule has 0 bridgehead atoms. The maximum Gasteiger partial charge on any atom is 0.220 e. The van der Waals surface area contributed by atoms with Gasteiger partial charge in [0.2, 0.25) is 5.91 Å². The molecule has 2 rings (SSSR count). The van der Waals surface area contributed by atoms with Crippen molar-refractivity contribution in [3.05, 3.63) is 30.1 Å². The zero-order chi connectivity index (χ0) is 14.4. The van der Waals surface area contributed by atoms with Gasteiger partial charge in [-0.1, -0.05) is 12.1 Å². The predicted molar refractivity (Wildman–Crippen MR) is 77.1 cm³/mol. The number of aliphatic hydroxyl groups excluding tert-OH is 1. The molecule has 20 heavy (non-hydrogen) atoms. The maximum atomic E-state index is 13.4. The summed E-state index contributed by atoms with van der Waals surface area (Å²) in [5, 5.41) is 15.5. The molecule has 1 aliphatic rings. The summed E-state index contributed by atoms with van der Waals surface area (Å²) in [5.74, 6) is 0.308. The molecule has 0 aliphatic carbocycles. The van der Waals surface area contributed by atoms with Crippen LogP contribution in [0.2, 0.25) is 0 Å². The Morgan fingerprint density at radius 1 is 1.45 bits per heavy atom. The van der Waals surface area contributed by atoms with Gasteiger partial charge in [0.05, 0.1) is 6.10 Å². The molecule has 2 unspecified atom stereocenters. The van der Waals surface area contributed by atoms with Crippen molar-refractivity contribution in [1.29, 1.82) is 0 Å². The van der Waals surface area contributed by atoms with Gasteiger partial charge in [-0.3, -0.25) is 4.79 Å². The van der Waals surface area contributed by atoms with Crippen molar-refractivity contribution >= 4 is 17.7 Å². The monoisotopic (exact) mass is 298 g/mol. The Morgan fingerprint density at radius 3 is 2.95 bits per heavy atom. The first kappa shape index (κ1) is 15.3. The van der Waals surface area contributed by atoms with Gasteiger partial charge in [-0.2, -0.15) is 0 Å². The van der Waals surface area contributed by atoms with Crippen LogP contribution in [-0.2, 0) is 4.79 Å². The highest BCUT2D eigenvalue weighted by molar-refractivity contribution is 7.99. The van der Waals surface area contributed by atoms with E-state index in [-0.39, 0.29) is 23.7 Å². The normalized spacial score (nSPS) is 21.9. The Labute approximate surface area is 122 Å². The lowest BCUT2D eigenvalue weighted by Crippen LogP contribution is -2.34. The van der Waals surface area contributed by atoms with Crippen LogP contribution < -0.4 is 10.6 Å². The number of nitrogens with one attached hydrogen (secondary N) is 2. The number of carbonyl (C=O) groups is 1. The van der Waals surface area contributed by atoms with Crippen LogP contribution in [0.1, 0.15) is 6.42 Å². The minimum absolute atomic E-state index is 0.0621. The summed E-state index contributed by atoms with van der Waals surface area (Å²) in [7, 11) is 0. The smallest absolute Gasteiger partial charge is 0.220 e. The summed E-state index contributed by atoms with van der Waals surface area (Å²) in [4.78, 5) is 12.2. The molecule has 2 atom stereocenters. The summed E-state index contributed by atoms with van der Waals surface area (Å²) in [5.41, 5.74) is 0. The second-order valence-electron chi connectivity index (χ2n) is 4.82. The first-order valence-corrected chi connectivity index (χ1v) is 7.68. The minimum atomic E-state index is -0.386. The third kappa shape index (κ3) is 4.47. The molecule has 110 valence electrons. The molecule has 1 aromatic carbocycles. The number of carbonyl (C=O) groups excluding carboxylic acids is 1. The third-order valence-corrected chi connectivity index (χ3v) is 4.34. The Balaban J connectivity index is 1.64. The number of halogens is 1. The van der Waals surface area contributed by atoms with Gasteiger partial charge in [-0.15, -0.1) is 11.8 Å². The van der Waals surface area contributed by atoms with Gasteiger partial charge in [-0.05, 0) is 12.1 Å². The fourth-order valence-corrected chi connectivity index (χ4v) is 2.96. The van der Waals surface area contributed by atoms with E-state index < -0.39 is 0 Å². The van der Waals surface area contributed by atoms with Crippen LogP contribution in [0.4, 0.5) is 4.39 Å². The van der Waals surface area contributed by atoms with E-state index in [1.807, 2.05) is 0 Å². The number of aliphatic hydroxyl groups is 1. The fraction of sp³-hybridized carbons (Fsp3) is 0.500. The quantitative estimate of drug-likeness (QED) is 0.686. The molecule has 0 spiro atoms. The standard InChI is InChI=1S/C14H19FN2O2S/c15-11-3-1-2-4-13(11)20-6-5-14(19)17-8-10-7-16-9-12(10)18/h1-4,10,12,16,18H,5-9H2,(H,17,19). The molecule has 0 saturated carbocycles. The number of thioether (sulfide) groups is 1. The molecule has 1 saturated heterocycles. The molecule has 1 aliphatic heterocycles. The number of β-amino-alcohol motifs (C(OH)–C–C–N with tert-alkyl or cyclic N) is 1. The van der Waals surface area contributed by atoms with E-state index in [0.717, 1.165) is 6.54 Å². The molecule has 4 nitrogen and oxygen atoms in total. The van der Waals surface area contributed by atoms with E-state index in [4.69, 9.17) is 0 Å². The Kier molecular flexibility index (Phi) is 5.82. The Bertz CT molecular complexity index is 459. The van der Waals surface area contributed by atoms with Gasteiger partial charge < -0.3 is 15.7 Å². The summed E-state index contributed by atoms with van der Waals surface area (Å²) in [6.45, 7) is 1.80. The average Bonchev–Trinajstić information content (AvgIpc) is 2.84. The molecular weight excluding hydrogens is 279 g/mol. The third-order valence-electron chi connectivity index (χ3n) is 3.29. The van der Waals surface area contributed by atoms with E-state index >= 15 is 0 Å². The summed E-state index contributed by atoms with van der Waals surface area (Å²) in [6, 6.07) is 6.54. The highest BCUT2D eigenvalue weighted by atomic mass is 32.2. The van der Waals surface area contributed by atoms with E-state index in [1.54, 1.807) is 18.2 Å². The highest BCUT2D eigenvalue weighted by Crippen LogP contribution is 2.21. The fourth-order valence-electron chi connectivity index (χ4n) is 2.08. The number of rotatable bonds is 6. The first-order chi connectivity index (χ1) is 9.66. The number of hydrogen-bond acceptors (Lipinski definition) is 4. The van der Waals surface area contributed by atoms with E-state index in [2.05, 4.69) is 10.6 Å². The Hall–Kier alpha value is -1.11. The van der Waals surface area contributed by atoms with Crippen molar-refractivity contribution in [1.82, 2.24) is 10.6 Å². The van der Waals surface area contributed by atoms with Crippen LogP contribution in [0.5, 0.6) is 0 Å². The van der Waals surface area contributed by atoms with Gasteiger partial charge in [0.1, 0.15) is 5.82 Å². The van der Waals surface area contributed by atoms with E-state index in [0.29, 0.717) is 30.2 Å². The molecule has 6 heteroatoms. The molecular formula is C14H19FN2O2S. The van der Waals surface area contributed by atoms with Crippen LogP contribution in [0.25, 0.3) is 0 Å². The SMILES string of the molecule is O=C(CCSc1ccccc1F)NCC1CNCC1O. The van der Waals surface area contributed by atoms with Crippen LogP contribution in [0.3, 0.4) is 0 Å². The zero-order valence-corrected chi connectivity index (χ0v) is 12.0. The largest absolute Gasteiger partial charge is 0.391 e. The van der Waals surface area contributed by atoms with E-state index in [9.17, 15) is 14.3 Å². The van der Waals surface area contributed by atoms with Gasteiger partial charge in [0.25, 0.3) is 0 Å². The van der Waals surface area contributed by atoms with Gasteiger partial charge >= 0.3 is 0 Å². The highest BCUT2D eigenvalue weighted by Gasteiger charge is 2.24. The van der Waals surface area contributed by atoms with Crippen molar-refractivity contribution in [3.63, 3.8) is 0 Å². The number of hydrogen-bond donors (Lipinski definition) is 3. The summed E-state index contributed by atoms with van der Waals surface area (Å²) >= 11 is 1.34. The number of amides is 1. The van der Waals surface area contributed by atoms with Gasteiger partial charge in [-0.25, -0.2) is 4.39 Å². The molecule has 1 aromatic rings. The molecule has 1 amide bonds. The van der Waals surface area contributed by atoms with Crippen molar-refractivity contribution in [3.8, 4) is 0 Å². The molecule has 0 aromatic heterocycles. The topological polar surface area (TPSA) is 61.4 Å². The zero-order valence-electron chi connectivity index (χ0n) is 11.1. The molecule has 0 radical (unpaired) electrons. The molecule has 1 heterocycles. The number of benzene rings is 1. The summed E-state index contributed by atoms with van der Waals surface area (Å²) < 4.78 is 13.4. The Morgan fingerprint density at radius 2 is 2.25 bits per heavy atom. The van der Waals surface area contributed by atoms with Crippen molar-refractivity contribution in [2.24, 2.45) is 5.92 Å². The van der Waals surface area contributed by atoms with Gasteiger partial charge in [0.15, 0.2) is 0 Å². The minimum Gasteiger partial charge on any atom is -0.391 e. The lowest BCUT2D eigenvalue weighted by atomic mass is 10.1. The second kappa shape index (κ2) is 7.61. The van der Waals surface area contributed by atoms with Crippen molar-refractivity contribution < 1.29 is 14.3 Å². The van der Waals surface area contributed by atoms with Crippen LogP contribution in [0.15, 0.2) is 29.2 Å². The molecule has 3 N–H and O–H groups in total. The predicted octanol–water partition coefficient (Wildman–Crippen LogP) is 1.00. The lowest BCUT2D eigenvalue weighted by molar-refractivity contribution is -0.120. The van der Waals surface area contributed by atoms with Gasteiger partial charge in [0, 0.05) is 42.6 Å². The second-order valence-corrected chi connectivity index (χ2v) is 5.96. The molecule has 1 fully saturated rings. The van der Waals surface area contributed by atoms with Crippen LogP contribution in [-0.4, -0.2) is 42.5 Å². The van der Waals surface area contributed by atoms with E-state index in [1.165, 1.54) is 17.8 Å². The van der Waals surface area contributed by atoms with Crippen molar-refractivity contribution in [2.45, 2.75) is 17.4 Å². The lowest BCUT2D eigenvalue weighted by Gasteiger charge is -2.14.